The lowest BCUT2D eigenvalue weighted by Crippen LogP contribution is -2.53. The summed E-state index contributed by atoms with van der Waals surface area (Å²) >= 11 is 0. The molecular formula is C13H15F3N2O3S. The maximum Gasteiger partial charge on any atom is 0.471 e. The van der Waals surface area contributed by atoms with Crippen LogP contribution in [0.1, 0.15) is 5.56 Å². The number of amides is 1. The summed E-state index contributed by atoms with van der Waals surface area (Å²) in [5.41, 5.74) is 0.902. The van der Waals surface area contributed by atoms with Gasteiger partial charge in [-0.2, -0.15) is 17.5 Å². The molecule has 1 saturated heterocycles. The van der Waals surface area contributed by atoms with Crippen LogP contribution in [0, 0.1) is 6.92 Å². The predicted octanol–water partition coefficient (Wildman–Crippen LogP) is 1.39. The number of hydrogen-bond acceptors (Lipinski definition) is 3. The Morgan fingerprint density at radius 2 is 1.55 bits per heavy atom. The van der Waals surface area contributed by atoms with Crippen molar-refractivity contribution in [2.24, 2.45) is 0 Å². The largest absolute Gasteiger partial charge is 0.471 e. The minimum Gasteiger partial charge on any atom is -0.332 e. The van der Waals surface area contributed by atoms with Crippen molar-refractivity contribution in [3.63, 3.8) is 0 Å². The first kappa shape index (κ1) is 16.8. The van der Waals surface area contributed by atoms with Crippen LogP contribution in [0.3, 0.4) is 0 Å². The maximum absolute atomic E-state index is 12.4. The highest BCUT2D eigenvalue weighted by Gasteiger charge is 2.44. The summed E-state index contributed by atoms with van der Waals surface area (Å²) in [6, 6.07) is 6.21. The van der Waals surface area contributed by atoms with Gasteiger partial charge in [-0.1, -0.05) is 17.7 Å². The number of sulfonamides is 1. The first-order valence-corrected chi connectivity index (χ1v) is 7.99. The van der Waals surface area contributed by atoms with E-state index in [1.807, 2.05) is 6.92 Å². The number of aryl methyl sites for hydroxylation is 1. The SMILES string of the molecule is Cc1ccc(S(=O)(=O)N2CCN(C(=O)C(F)(F)F)CC2)cc1. The second kappa shape index (κ2) is 5.88. The van der Waals surface area contributed by atoms with E-state index in [1.165, 1.54) is 12.1 Å². The molecule has 0 aliphatic carbocycles. The molecule has 0 bridgehead atoms. The topological polar surface area (TPSA) is 57.7 Å². The molecule has 22 heavy (non-hydrogen) atoms. The van der Waals surface area contributed by atoms with Gasteiger partial charge in [-0.15, -0.1) is 0 Å². The van der Waals surface area contributed by atoms with Crippen LogP contribution in [-0.2, 0) is 14.8 Å². The van der Waals surface area contributed by atoms with Crippen LogP contribution in [-0.4, -0.2) is 55.9 Å². The molecule has 1 aliphatic rings. The fourth-order valence-corrected chi connectivity index (χ4v) is 3.59. The molecule has 0 saturated carbocycles. The zero-order chi connectivity index (χ0) is 16.5. The molecule has 9 heteroatoms. The Labute approximate surface area is 126 Å². The Hall–Kier alpha value is -1.61. The molecule has 2 rings (SSSR count). The molecule has 0 aromatic heterocycles. The third-order valence-corrected chi connectivity index (χ3v) is 5.34. The van der Waals surface area contributed by atoms with Crippen molar-refractivity contribution >= 4 is 15.9 Å². The lowest BCUT2D eigenvalue weighted by atomic mass is 10.2. The monoisotopic (exact) mass is 336 g/mol. The van der Waals surface area contributed by atoms with Gasteiger partial charge in [0.2, 0.25) is 10.0 Å². The minimum atomic E-state index is -4.93. The summed E-state index contributed by atoms with van der Waals surface area (Å²) in [7, 11) is -3.75. The average molecular weight is 336 g/mol. The van der Waals surface area contributed by atoms with Crippen LogP contribution in [0.15, 0.2) is 29.2 Å². The Kier molecular flexibility index (Phi) is 4.48. The number of piperazine rings is 1. The highest BCUT2D eigenvalue weighted by molar-refractivity contribution is 7.89. The Morgan fingerprint density at radius 1 is 1.05 bits per heavy atom. The standard InChI is InChI=1S/C13H15F3N2O3S/c1-10-2-4-11(5-3-10)22(20,21)18-8-6-17(7-9-18)12(19)13(14,15)16/h2-5H,6-9H2,1H3. The lowest BCUT2D eigenvalue weighted by Gasteiger charge is -2.34. The fourth-order valence-electron chi connectivity index (χ4n) is 2.17. The molecule has 1 aromatic carbocycles. The van der Waals surface area contributed by atoms with Gasteiger partial charge in [0.1, 0.15) is 0 Å². The third-order valence-electron chi connectivity index (χ3n) is 3.43. The van der Waals surface area contributed by atoms with E-state index in [9.17, 15) is 26.4 Å². The van der Waals surface area contributed by atoms with E-state index >= 15 is 0 Å². The van der Waals surface area contributed by atoms with Gasteiger partial charge in [0.25, 0.3) is 0 Å². The molecular weight excluding hydrogens is 321 g/mol. The number of hydrogen-bond donors (Lipinski definition) is 0. The summed E-state index contributed by atoms with van der Waals surface area (Å²) < 4.78 is 62.9. The normalized spacial score (nSPS) is 17.5. The molecule has 122 valence electrons. The molecule has 1 fully saturated rings. The van der Waals surface area contributed by atoms with Crippen molar-refractivity contribution < 1.29 is 26.4 Å². The van der Waals surface area contributed by atoms with E-state index in [1.54, 1.807) is 12.1 Å². The number of carbonyl (C=O) groups excluding carboxylic acids is 1. The van der Waals surface area contributed by atoms with Gasteiger partial charge in [0.15, 0.2) is 0 Å². The minimum absolute atomic E-state index is 0.0914. The summed E-state index contributed by atoms with van der Waals surface area (Å²) in [6.45, 7) is 0.959. The van der Waals surface area contributed by atoms with Gasteiger partial charge in [-0.25, -0.2) is 8.42 Å². The van der Waals surface area contributed by atoms with E-state index in [2.05, 4.69) is 0 Å². The van der Waals surface area contributed by atoms with E-state index in [4.69, 9.17) is 0 Å². The highest BCUT2D eigenvalue weighted by Crippen LogP contribution is 2.22. The van der Waals surface area contributed by atoms with Crippen LogP contribution in [0.25, 0.3) is 0 Å². The van der Waals surface area contributed by atoms with Gasteiger partial charge in [0.05, 0.1) is 4.90 Å². The van der Waals surface area contributed by atoms with Crippen LogP contribution in [0.2, 0.25) is 0 Å². The second-order valence-electron chi connectivity index (χ2n) is 5.01. The number of alkyl halides is 3. The molecule has 0 radical (unpaired) electrons. The Balaban J connectivity index is 2.08. The number of nitrogens with zero attached hydrogens (tertiary/aromatic N) is 2. The van der Waals surface area contributed by atoms with Gasteiger partial charge < -0.3 is 4.90 Å². The second-order valence-corrected chi connectivity index (χ2v) is 6.95. The van der Waals surface area contributed by atoms with E-state index < -0.39 is 22.1 Å². The molecule has 0 atom stereocenters. The van der Waals surface area contributed by atoms with Crippen molar-refractivity contribution in [3.05, 3.63) is 29.8 Å². The molecule has 1 heterocycles. The summed E-state index contributed by atoms with van der Waals surface area (Å²) in [4.78, 5) is 11.8. The van der Waals surface area contributed by atoms with Crippen molar-refractivity contribution in [2.75, 3.05) is 26.2 Å². The van der Waals surface area contributed by atoms with Crippen LogP contribution in [0.4, 0.5) is 13.2 Å². The van der Waals surface area contributed by atoms with Crippen molar-refractivity contribution in [1.82, 2.24) is 9.21 Å². The zero-order valence-electron chi connectivity index (χ0n) is 11.8. The van der Waals surface area contributed by atoms with E-state index in [0.29, 0.717) is 4.90 Å². The maximum atomic E-state index is 12.4. The first-order valence-electron chi connectivity index (χ1n) is 6.55. The number of halogens is 3. The average Bonchev–Trinajstić information content (AvgIpc) is 2.46. The first-order chi connectivity index (χ1) is 10.1. The third kappa shape index (κ3) is 3.41. The van der Waals surface area contributed by atoms with E-state index in [0.717, 1.165) is 9.87 Å². The van der Waals surface area contributed by atoms with Crippen molar-refractivity contribution in [1.29, 1.82) is 0 Å². The van der Waals surface area contributed by atoms with Crippen molar-refractivity contribution in [3.8, 4) is 0 Å². The quantitative estimate of drug-likeness (QED) is 0.820. The summed E-state index contributed by atoms with van der Waals surface area (Å²) in [6.07, 6.45) is -4.93. The number of rotatable bonds is 2. The van der Waals surface area contributed by atoms with Crippen LogP contribution >= 0.6 is 0 Å². The van der Waals surface area contributed by atoms with Crippen LogP contribution in [0.5, 0.6) is 0 Å². The number of carbonyl (C=O) groups is 1. The zero-order valence-corrected chi connectivity index (χ0v) is 12.6. The Bertz CT molecular complexity index is 648. The molecule has 1 aliphatic heterocycles. The van der Waals surface area contributed by atoms with Gasteiger partial charge in [0, 0.05) is 26.2 Å². The summed E-state index contributed by atoms with van der Waals surface area (Å²) in [5.74, 6) is -1.93. The van der Waals surface area contributed by atoms with Gasteiger partial charge in [-0.3, -0.25) is 4.79 Å². The molecule has 5 nitrogen and oxygen atoms in total. The van der Waals surface area contributed by atoms with Crippen molar-refractivity contribution in [2.45, 2.75) is 18.0 Å². The fraction of sp³-hybridized carbons (Fsp3) is 0.462. The molecule has 1 amide bonds. The summed E-state index contributed by atoms with van der Waals surface area (Å²) in [5, 5.41) is 0. The van der Waals surface area contributed by atoms with Crippen LogP contribution < -0.4 is 0 Å². The molecule has 0 N–H and O–H groups in total. The highest BCUT2D eigenvalue weighted by atomic mass is 32.2. The number of benzene rings is 1. The van der Waals surface area contributed by atoms with Gasteiger partial charge >= 0.3 is 12.1 Å². The Morgan fingerprint density at radius 3 is 2.00 bits per heavy atom. The molecule has 0 spiro atoms. The smallest absolute Gasteiger partial charge is 0.332 e. The molecule has 1 aromatic rings. The predicted molar refractivity (Wildman–Crippen MR) is 72.6 cm³/mol. The van der Waals surface area contributed by atoms with Gasteiger partial charge in [-0.05, 0) is 19.1 Å². The van der Waals surface area contributed by atoms with E-state index in [-0.39, 0.29) is 31.1 Å². The lowest BCUT2D eigenvalue weighted by molar-refractivity contribution is -0.186. The molecule has 0 unspecified atom stereocenters.